The van der Waals surface area contributed by atoms with Crippen LogP contribution in [0.25, 0.3) is 0 Å². The highest BCUT2D eigenvalue weighted by Gasteiger charge is 2.22. The summed E-state index contributed by atoms with van der Waals surface area (Å²) in [6.07, 6.45) is 2.50. The van der Waals surface area contributed by atoms with Crippen LogP contribution in [0.15, 0.2) is 29.2 Å². The fourth-order valence-corrected chi connectivity index (χ4v) is 2.95. The fraction of sp³-hybridized carbons (Fsp3) is 0.529. The predicted molar refractivity (Wildman–Crippen MR) is 89.9 cm³/mol. The van der Waals surface area contributed by atoms with Gasteiger partial charge in [0.25, 0.3) is 5.91 Å². The molecule has 1 N–H and O–H groups in total. The molecule has 1 aliphatic carbocycles. The van der Waals surface area contributed by atoms with Crippen molar-refractivity contribution in [1.29, 1.82) is 0 Å². The quantitative estimate of drug-likeness (QED) is 0.554. The third-order valence-corrected chi connectivity index (χ3v) is 4.90. The van der Waals surface area contributed by atoms with Crippen molar-refractivity contribution >= 4 is 23.6 Å². The molecule has 2 rings (SSSR count). The number of benzene rings is 1. The number of carboxylic acids is 1. The number of hydrogen-bond donors (Lipinski definition) is 1. The average Bonchev–Trinajstić information content (AvgIpc) is 3.35. The number of likely N-dealkylation sites (N-methyl/N-ethyl adjacent to an activating group) is 1. The second kappa shape index (κ2) is 8.36. The number of hydrogen-bond acceptors (Lipinski definition) is 4. The maximum atomic E-state index is 12.6. The molecule has 1 amide bonds. The van der Waals surface area contributed by atoms with E-state index in [0.29, 0.717) is 29.5 Å². The third kappa shape index (κ3) is 5.55. The van der Waals surface area contributed by atoms with Crippen LogP contribution in [0, 0.1) is 5.92 Å². The molecule has 1 aromatic carbocycles. The van der Waals surface area contributed by atoms with Gasteiger partial charge >= 0.3 is 5.97 Å². The molecule has 1 unspecified atom stereocenters. The summed E-state index contributed by atoms with van der Waals surface area (Å²) in [6.45, 7) is 3.45. The molecule has 5 nitrogen and oxygen atoms in total. The Morgan fingerprint density at radius 2 is 2.09 bits per heavy atom. The summed E-state index contributed by atoms with van der Waals surface area (Å²) in [7, 11) is 1.74. The lowest BCUT2D eigenvalue weighted by atomic mass is 10.2. The van der Waals surface area contributed by atoms with Gasteiger partial charge in [-0.3, -0.25) is 9.59 Å². The third-order valence-electron chi connectivity index (χ3n) is 3.74. The zero-order valence-corrected chi connectivity index (χ0v) is 14.3. The minimum Gasteiger partial charge on any atom is -0.480 e. The molecule has 0 radical (unpaired) electrons. The molecule has 0 aromatic heterocycles. The summed E-state index contributed by atoms with van der Waals surface area (Å²) >= 11 is 1.19. The van der Waals surface area contributed by atoms with Crippen LogP contribution in [0.3, 0.4) is 0 Å². The lowest BCUT2D eigenvalue weighted by Crippen LogP contribution is -2.30. The Labute approximate surface area is 141 Å². The number of rotatable bonds is 9. The van der Waals surface area contributed by atoms with Crippen LogP contribution in [0.1, 0.15) is 30.1 Å². The van der Waals surface area contributed by atoms with E-state index < -0.39 is 11.2 Å². The van der Waals surface area contributed by atoms with Crippen molar-refractivity contribution in [2.45, 2.75) is 29.9 Å². The molecule has 1 atom stereocenters. The second-order valence-corrected chi connectivity index (χ2v) is 7.22. The number of amides is 1. The Hall–Kier alpha value is -1.53. The molecule has 0 bridgehead atoms. The first-order valence-corrected chi connectivity index (χ1v) is 8.68. The summed E-state index contributed by atoms with van der Waals surface area (Å²) in [5.74, 6) is -0.287. The van der Waals surface area contributed by atoms with Crippen LogP contribution in [0.5, 0.6) is 0 Å². The highest BCUT2D eigenvalue weighted by Crippen LogP contribution is 2.29. The van der Waals surface area contributed by atoms with Gasteiger partial charge in [-0.25, -0.2) is 0 Å². The largest absolute Gasteiger partial charge is 0.480 e. The van der Waals surface area contributed by atoms with Gasteiger partial charge in [0.2, 0.25) is 0 Å². The fourth-order valence-electron chi connectivity index (χ4n) is 2.03. The highest BCUT2D eigenvalue weighted by atomic mass is 32.2. The summed E-state index contributed by atoms with van der Waals surface area (Å²) in [5, 5.41) is 8.44. The maximum absolute atomic E-state index is 12.6. The summed E-state index contributed by atoms with van der Waals surface area (Å²) in [6, 6.07) is 7.13. The van der Waals surface area contributed by atoms with Crippen molar-refractivity contribution in [1.82, 2.24) is 4.90 Å². The van der Waals surface area contributed by atoms with Gasteiger partial charge in [-0.1, -0.05) is 12.1 Å². The van der Waals surface area contributed by atoms with Crippen molar-refractivity contribution in [3.05, 3.63) is 29.8 Å². The molecule has 1 fully saturated rings. The Morgan fingerprint density at radius 3 is 2.74 bits per heavy atom. The first-order chi connectivity index (χ1) is 11.0. The number of aliphatic carboxylic acids is 1. The number of carbonyl (C=O) groups excluding carboxylic acids is 1. The lowest BCUT2D eigenvalue weighted by molar-refractivity contribution is -0.136. The average molecular weight is 337 g/mol. The Balaban J connectivity index is 1.92. The number of carboxylic acid groups (broad SMARTS) is 1. The van der Waals surface area contributed by atoms with Gasteiger partial charge in [-0.05, 0) is 37.8 Å². The van der Waals surface area contributed by atoms with Crippen molar-refractivity contribution in [2.24, 2.45) is 5.92 Å². The number of ether oxygens (including phenoxy) is 1. The summed E-state index contributed by atoms with van der Waals surface area (Å²) in [4.78, 5) is 25.9. The van der Waals surface area contributed by atoms with Crippen LogP contribution >= 0.6 is 11.8 Å². The molecular weight excluding hydrogens is 314 g/mol. The van der Waals surface area contributed by atoms with E-state index in [4.69, 9.17) is 9.84 Å². The monoisotopic (exact) mass is 337 g/mol. The molecule has 126 valence electrons. The van der Waals surface area contributed by atoms with Crippen molar-refractivity contribution in [2.75, 3.05) is 26.8 Å². The molecule has 1 aliphatic rings. The van der Waals surface area contributed by atoms with E-state index in [2.05, 4.69) is 0 Å². The number of thioether (sulfide) groups is 1. The van der Waals surface area contributed by atoms with E-state index in [1.165, 1.54) is 24.6 Å². The Kier molecular flexibility index (Phi) is 6.47. The van der Waals surface area contributed by atoms with Gasteiger partial charge in [-0.2, -0.15) is 0 Å². The van der Waals surface area contributed by atoms with E-state index >= 15 is 0 Å². The predicted octanol–water partition coefficient (Wildman–Crippen LogP) is 2.75. The van der Waals surface area contributed by atoms with E-state index in [1.54, 1.807) is 37.1 Å². The molecule has 0 aliphatic heterocycles. The van der Waals surface area contributed by atoms with E-state index in [1.807, 2.05) is 6.07 Å². The zero-order chi connectivity index (χ0) is 16.8. The van der Waals surface area contributed by atoms with Gasteiger partial charge in [-0.15, -0.1) is 11.8 Å². The first kappa shape index (κ1) is 17.8. The molecule has 23 heavy (non-hydrogen) atoms. The van der Waals surface area contributed by atoms with Gasteiger partial charge in [0.05, 0.1) is 12.2 Å². The second-order valence-electron chi connectivity index (χ2n) is 5.84. The molecule has 6 heteroatoms. The van der Waals surface area contributed by atoms with Crippen LogP contribution < -0.4 is 0 Å². The van der Waals surface area contributed by atoms with Gasteiger partial charge < -0.3 is 14.7 Å². The van der Waals surface area contributed by atoms with Crippen LogP contribution in [0.2, 0.25) is 0 Å². The Bertz CT molecular complexity index is 559. The maximum Gasteiger partial charge on any atom is 0.316 e. The van der Waals surface area contributed by atoms with Crippen molar-refractivity contribution in [3.63, 3.8) is 0 Å². The SMILES string of the molecule is CC(Sc1ccccc1C(=O)N(C)CCOCC1CC1)C(=O)O. The number of nitrogens with zero attached hydrogens (tertiary/aromatic N) is 1. The first-order valence-electron chi connectivity index (χ1n) is 7.80. The molecule has 1 saturated carbocycles. The van der Waals surface area contributed by atoms with Crippen LogP contribution in [-0.4, -0.2) is 53.9 Å². The molecule has 1 aromatic rings. The minimum atomic E-state index is -0.890. The molecular formula is C17H23NO4S. The minimum absolute atomic E-state index is 0.110. The van der Waals surface area contributed by atoms with Crippen LogP contribution in [-0.2, 0) is 9.53 Å². The molecule has 0 spiro atoms. The lowest BCUT2D eigenvalue weighted by Gasteiger charge is -2.19. The van der Waals surface area contributed by atoms with Crippen molar-refractivity contribution < 1.29 is 19.4 Å². The van der Waals surface area contributed by atoms with E-state index in [9.17, 15) is 9.59 Å². The molecule has 0 heterocycles. The molecule has 0 saturated heterocycles. The summed E-state index contributed by atoms with van der Waals surface area (Å²) in [5.41, 5.74) is 0.537. The number of carbonyl (C=O) groups is 2. The smallest absolute Gasteiger partial charge is 0.316 e. The zero-order valence-electron chi connectivity index (χ0n) is 13.5. The normalized spacial score (nSPS) is 15.2. The van der Waals surface area contributed by atoms with E-state index in [0.717, 1.165) is 6.61 Å². The van der Waals surface area contributed by atoms with Crippen LogP contribution in [0.4, 0.5) is 0 Å². The van der Waals surface area contributed by atoms with Crippen molar-refractivity contribution in [3.8, 4) is 0 Å². The highest BCUT2D eigenvalue weighted by molar-refractivity contribution is 8.00. The topological polar surface area (TPSA) is 66.8 Å². The van der Waals surface area contributed by atoms with Gasteiger partial charge in [0.15, 0.2) is 0 Å². The standard InChI is InChI=1S/C17H23NO4S/c1-12(17(20)21)23-15-6-4-3-5-14(15)16(19)18(2)9-10-22-11-13-7-8-13/h3-6,12-13H,7-11H2,1-2H3,(H,20,21). The summed E-state index contributed by atoms with van der Waals surface area (Å²) < 4.78 is 5.56. The van der Waals surface area contributed by atoms with Gasteiger partial charge in [0.1, 0.15) is 5.25 Å². The Morgan fingerprint density at radius 1 is 1.39 bits per heavy atom. The van der Waals surface area contributed by atoms with E-state index in [-0.39, 0.29) is 5.91 Å². The van der Waals surface area contributed by atoms with Gasteiger partial charge in [0, 0.05) is 25.1 Å².